The Morgan fingerprint density at radius 1 is 1.33 bits per heavy atom. The van der Waals surface area contributed by atoms with E-state index < -0.39 is 0 Å². The average molecular weight is 249 g/mol. The molecule has 100 valence electrons. The third kappa shape index (κ3) is 3.98. The van der Waals surface area contributed by atoms with Crippen molar-refractivity contribution in [1.29, 1.82) is 5.41 Å². The zero-order valence-corrected chi connectivity index (χ0v) is 11.6. The van der Waals surface area contributed by atoms with E-state index in [1.807, 2.05) is 6.07 Å². The van der Waals surface area contributed by atoms with Gasteiger partial charge in [-0.2, -0.15) is 0 Å². The minimum Gasteiger partial charge on any atom is -0.388 e. The summed E-state index contributed by atoms with van der Waals surface area (Å²) in [6, 6.07) is 2.34. The fourth-order valence-corrected chi connectivity index (χ4v) is 1.71. The lowest BCUT2D eigenvalue weighted by Gasteiger charge is -2.28. The van der Waals surface area contributed by atoms with Gasteiger partial charge in [-0.1, -0.05) is 13.8 Å². The Balaban J connectivity index is 2.91. The van der Waals surface area contributed by atoms with Gasteiger partial charge in [0.25, 0.3) is 0 Å². The highest BCUT2D eigenvalue weighted by atomic mass is 15.2. The second-order valence-corrected chi connectivity index (χ2v) is 5.02. The van der Waals surface area contributed by atoms with Crippen LogP contribution >= 0.6 is 0 Å². The SMILES string of the molecule is CC(C)c1cc(N(CCC(=N)N)C(C)C)ncn1. The van der Waals surface area contributed by atoms with Gasteiger partial charge in [0.15, 0.2) is 0 Å². The molecule has 0 radical (unpaired) electrons. The highest BCUT2D eigenvalue weighted by Crippen LogP contribution is 2.19. The van der Waals surface area contributed by atoms with Gasteiger partial charge in [0.2, 0.25) is 0 Å². The third-order valence-electron chi connectivity index (χ3n) is 2.80. The van der Waals surface area contributed by atoms with E-state index in [0.717, 1.165) is 11.5 Å². The Morgan fingerprint density at radius 3 is 2.50 bits per heavy atom. The molecule has 1 aromatic rings. The molecule has 0 saturated heterocycles. The summed E-state index contributed by atoms with van der Waals surface area (Å²) < 4.78 is 0. The van der Waals surface area contributed by atoms with Crippen molar-refractivity contribution in [3.05, 3.63) is 18.1 Å². The van der Waals surface area contributed by atoms with Gasteiger partial charge in [-0.3, -0.25) is 5.41 Å². The Labute approximate surface area is 109 Å². The van der Waals surface area contributed by atoms with Crippen LogP contribution in [0.25, 0.3) is 0 Å². The number of amidine groups is 1. The first kappa shape index (κ1) is 14.4. The van der Waals surface area contributed by atoms with E-state index in [1.54, 1.807) is 6.33 Å². The molecular formula is C13H23N5. The van der Waals surface area contributed by atoms with Crippen molar-refractivity contribution in [3.63, 3.8) is 0 Å². The number of hydrogen-bond donors (Lipinski definition) is 2. The number of anilines is 1. The highest BCUT2D eigenvalue weighted by molar-refractivity contribution is 5.77. The predicted molar refractivity (Wildman–Crippen MR) is 75.1 cm³/mol. The van der Waals surface area contributed by atoms with Crippen LogP contribution in [-0.2, 0) is 0 Å². The van der Waals surface area contributed by atoms with Gasteiger partial charge in [-0.25, -0.2) is 9.97 Å². The largest absolute Gasteiger partial charge is 0.388 e. The fraction of sp³-hybridized carbons (Fsp3) is 0.615. The van der Waals surface area contributed by atoms with Crippen LogP contribution in [0.15, 0.2) is 12.4 Å². The Bertz CT molecular complexity index is 400. The van der Waals surface area contributed by atoms with Gasteiger partial charge in [0, 0.05) is 30.8 Å². The summed E-state index contributed by atoms with van der Waals surface area (Å²) in [6.45, 7) is 9.15. The molecule has 0 aliphatic heterocycles. The number of hydrogen-bond acceptors (Lipinski definition) is 4. The number of nitrogens with zero attached hydrogens (tertiary/aromatic N) is 3. The summed E-state index contributed by atoms with van der Waals surface area (Å²) in [5.41, 5.74) is 6.46. The van der Waals surface area contributed by atoms with Gasteiger partial charge in [-0.05, 0) is 19.8 Å². The molecule has 3 N–H and O–H groups in total. The molecule has 0 aliphatic rings. The van der Waals surface area contributed by atoms with E-state index in [4.69, 9.17) is 11.1 Å². The molecule has 1 aromatic heterocycles. The predicted octanol–water partition coefficient (Wildman–Crippen LogP) is 2.14. The molecule has 1 rings (SSSR count). The van der Waals surface area contributed by atoms with Crippen LogP contribution in [0.1, 0.15) is 45.7 Å². The van der Waals surface area contributed by atoms with E-state index in [2.05, 4.69) is 42.6 Å². The Hall–Kier alpha value is -1.65. The summed E-state index contributed by atoms with van der Waals surface area (Å²) in [5.74, 6) is 1.50. The second-order valence-electron chi connectivity index (χ2n) is 5.02. The molecule has 0 bridgehead atoms. The zero-order chi connectivity index (χ0) is 13.7. The van der Waals surface area contributed by atoms with Crippen LogP contribution in [0.3, 0.4) is 0 Å². The summed E-state index contributed by atoms with van der Waals surface area (Å²) >= 11 is 0. The van der Waals surface area contributed by atoms with Crippen molar-refractivity contribution in [3.8, 4) is 0 Å². The van der Waals surface area contributed by atoms with Crippen molar-refractivity contribution in [1.82, 2.24) is 9.97 Å². The zero-order valence-electron chi connectivity index (χ0n) is 11.6. The first-order valence-corrected chi connectivity index (χ1v) is 6.33. The van der Waals surface area contributed by atoms with Gasteiger partial charge in [-0.15, -0.1) is 0 Å². The van der Waals surface area contributed by atoms with E-state index in [-0.39, 0.29) is 5.84 Å². The van der Waals surface area contributed by atoms with E-state index in [1.165, 1.54) is 0 Å². The molecular weight excluding hydrogens is 226 g/mol. The topological polar surface area (TPSA) is 78.9 Å². The molecule has 0 aromatic carbocycles. The van der Waals surface area contributed by atoms with Gasteiger partial charge < -0.3 is 10.6 Å². The number of nitrogens with two attached hydrogens (primary N) is 1. The van der Waals surface area contributed by atoms with Gasteiger partial charge >= 0.3 is 0 Å². The van der Waals surface area contributed by atoms with E-state index in [9.17, 15) is 0 Å². The number of rotatable bonds is 6. The van der Waals surface area contributed by atoms with Crippen molar-refractivity contribution in [2.45, 2.75) is 46.1 Å². The lowest BCUT2D eigenvalue weighted by atomic mass is 10.1. The maximum Gasteiger partial charge on any atom is 0.132 e. The molecule has 5 nitrogen and oxygen atoms in total. The van der Waals surface area contributed by atoms with Gasteiger partial charge in [0.1, 0.15) is 12.1 Å². The van der Waals surface area contributed by atoms with Crippen LogP contribution < -0.4 is 10.6 Å². The molecule has 0 amide bonds. The fourth-order valence-electron chi connectivity index (χ4n) is 1.71. The lowest BCUT2D eigenvalue weighted by molar-refractivity contribution is 0.674. The molecule has 1 heterocycles. The minimum atomic E-state index is 0.207. The molecule has 0 saturated carbocycles. The monoisotopic (exact) mass is 249 g/mol. The normalized spacial score (nSPS) is 11.0. The highest BCUT2D eigenvalue weighted by Gasteiger charge is 2.13. The van der Waals surface area contributed by atoms with Gasteiger partial charge in [0.05, 0.1) is 5.84 Å². The van der Waals surface area contributed by atoms with Crippen LogP contribution in [0.4, 0.5) is 5.82 Å². The summed E-state index contributed by atoms with van der Waals surface area (Å²) in [6.07, 6.45) is 2.16. The number of aromatic nitrogens is 2. The number of nitrogens with one attached hydrogen (secondary N) is 1. The Morgan fingerprint density at radius 2 is 2.00 bits per heavy atom. The maximum atomic E-state index is 7.32. The third-order valence-corrected chi connectivity index (χ3v) is 2.80. The molecule has 0 fully saturated rings. The summed E-state index contributed by atoms with van der Waals surface area (Å²) in [7, 11) is 0. The molecule has 0 aliphatic carbocycles. The van der Waals surface area contributed by atoms with Crippen LogP contribution in [0, 0.1) is 5.41 Å². The van der Waals surface area contributed by atoms with Crippen LogP contribution in [-0.4, -0.2) is 28.4 Å². The standard InChI is InChI=1S/C13H23N5/c1-9(2)11-7-13(17-8-16-11)18(10(3)4)6-5-12(14)15/h7-10H,5-6H2,1-4H3,(H3,14,15). The molecule has 0 spiro atoms. The van der Waals surface area contributed by atoms with E-state index in [0.29, 0.717) is 24.9 Å². The van der Waals surface area contributed by atoms with E-state index >= 15 is 0 Å². The smallest absolute Gasteiger partial charge is 0.132 e. The van der Waals surface area contributed by atoms with Crippen molar-refractivity contribution < 1.29 is 0 Å². The second kappa shape index (κ2) is 6.33. The van der Waals surface area contributed by atoms with Crippen molar-refractivity contribution in [2.75, 3.05) is 11.4 Å². The molecule has 5 heteroatoms. The van der Waals surface area contributed by atoms with Crippen LogP contribution in [0.5, 0.6) is 0 Å². The van der Waals surface area contributed by atoms with Crippen molar-refractivity contribution >= 4 is 11.7 Å². The molecule has 0 unspecified atom stereocenters. The summed E-state index contributed by atoms with van der Waals surface area (Å²) in [5, 5.41) is 7.32. The average Bonchev–Trinajstić information content (AvgIpc) is 2.28. The maximum absolute atomic E-state index is 7.32. The van der Waals surface area contributed by atoms with Crippen LogP contribution in [0.2, 0.25) is 0 Å². The minimum absolute atomic E-state index is 0.207. The lowest BCUT2D eigenvalue weighted by Crippen LogP contribution is -2.34. The summed E-state index contributed by atoms with van der Waals surface area (Å²) in [4.78, 5) is 10.7. The quantitative estimate of drug-likeness (QED) is 0.598. The first-order chi connectivity index (χ1) is 8.41. The molecule has 0 atom stereocenters. The Kier molecular flexibility index (Phi) is 5.07. The first-order valence-electron chi connectivity index (χ1n) is 6.33. The van der Waals surface area contributed by atoms with Crippen molar-refractivity contribution in [2.24, 2.45) is 5.73 Å². The molecule has 18 heavy (non-hydrogen) atoms.